The molecule has 0 saturated carbocycles. The molecule has 0 spiro atoms. The molecule has 1 atom stereocenters. The Morgan fingerprint density at radius 1 is 1.22 bits per heavy atom. The van der Waals surface area contributed by atoms with Gasteiger partial charge in [-0.15, -0.1) is 0 Å². The van der Waals surface area contributed by atoms with Crippen molar-refractivity contribution in [2.75, 3.05) is 19.8 Å². The summed E-state index contributed by atoms with van der Waals surface area (Å²) in [6, 6.07) is 4.30. The quantitative estimate of drug-likeness (QED) is 0.803. The van der Waals surface area contributed by atoms with E-state index in [1.54, 1.807) is 0 Å². The van der Waals surface area contributed by atoms with Crippen LogP contribution in [0.2, 0.25) is 0 Å². The van der Waals surface area contributed by atoms with Gasteiger partial charge in [0.15, 0.2) is 11.5 Å². The van der Waals surface area contributed by atoms with Crippen molar-refractivity contribution in [3.05, 3.63) is 18.0 Å². The molecule has 18 heavy (non-hydrogen) atoms. The number of ether oxygens (including phenoxy) is 2. The van der Waals surface area contributed by atoms with Crippen molar-refractivity contribution >= 4 is 11.0 Å². The summed E-state index contributed by atoms with van der Waals surface area (Å²) >= 11 is 0. The van der Waals surface area contributed by atoms with Crippen LogP contribution in [0.5, 0.6) is 11.5 Å². The molecule has 1 saturated heterocycles. The predicted molar refractivity (Wildman–Crippen MR) is 67.1 cm³/mol. The molecule has 5 nitrogen and oxygen atoms in total. The summed E-state index contributed by atoms with van der Waals surface area (Å²) in [7, 11) is 0. The third-order valence-corrected chi connectivity index (χ3v) is 3.57. The van der Waals surface area contributed by atoms with Gasteiger partial charge in [-0.1, -0.05) is 0 Å². The topological polar surface area (TPSA) is 59.2 Å². The number of aromatic amines is 1. The summed E-state index contributed by atoms with van der Waals surface area (Å²) < 4.78 is 11.3. The van der Waals surface area contributed by atoms with Gasteiger partial charge in [0.05, 0.1) is 11.6 Å². The van der Waals surface area contributed by atoms with Crippen LogP contribution >= 0.6 is 0 Å². The van der Waals surface area contributed by atoms with Crippen molar-refractivity contribution in [1.29, 1.82) is 0 Å². The van der Waals surface area contributed by atoms with Crippen molar-refractivity contribution < 1.29 is 9.47 Å². The second-order valence-corrected chi connectivity index (χ2v) is 4.76. The Labute approximate surface area is 104 Å². The van der Waals surface area contributed by atoms with Crippen LogP contribution in [-0.2, 0) is 0 Å². The third-order valence-electron chi connectivity index (χ3n) is 3.57. The van der Waals surface area contributed by atoms with Crippen LogP contribution in [0, 0.1) is 0 Å². The number of hydrogen-bond acceptors (Lipinski definition) is 4. The maximum Gasteiger partial charge on any atom is 0.189 e. The number of benzene rings is 1. The van der Waals surface area contributed by atoms with E-state index in [0.717, 1.165) is 41.3 Å². The zero-order valence-corrected chi connectivity index (χ0v) is 10.0. The fraction of sp³-hybridized carbons (Fsp3) is 0.462. The van der Waals surface area contributed by atoms with Gasteiger partial charge in [-0.3, -0.25) is 0 Å². The minimum Gasteiger partial charge on any atom is -0.486 e. The molecule has 94 valence electrons. The monoisotopic (exact) mass is 245 g/mol. The summed E-state index contributed by atoms with van der Waals surface area (Å²) in [4.78, 5) is 8.06. The van der Waals surface area contributed by atoms with E-state index in [1.807, 2.05) is 12.1 Å². The molecule has 0 unspecified atom stereocenters. The van der Waals surface area contributed by atoms with Gasteiger partial charge in [0.1, 0.15) is 24.6 Å². The first-order valence-corrected chi connectivity index (χ1v) is 6.43. The highest BCUT2D eigenvalue weighted by Crippen LogP contribution is 2.37. The van der Waals surface area contributed by atoms with Crippen molar-refractivity contribution in [3.63, 3.8) is 0 Å². The van der Waals surface area contributed by atoms with Crippen LogP contribution in [-0.4, -0.2) is 29.7 Å². The fourth-order valence-corrected chi connectivity index (χ4v) is 2.68. The highest BCUT2D eigenvalue weighted by molar-refractivity contribution is 5.85. The summed E-state index contributed by atoms with van der Waals surface area (Å²) in [5.74, 6) is 2.58. The van der Waals surface area contributed by atoms with Gasteiger partial charge in [0.25, 0.3) is 0 Å². The lowest BCUT2D eigenvalue weighted by Gasteiger charge is -2.17. The first-order chi connectivity index (χ1) is 8.92. The summed E-state index contributed by atoms with van der Waals surface area (Å²) in [5.41, 5.74) is 1.90. The molecule has 5 heteroatoms. The number of fused-ring (bicyclic) bond motifs is 3. The molecular formula is C13H15N3O2. The van der Waals surface area contributed by atoms with Crippen molar-refractivity contribution in [3.8, 4) is 11.5 Å². The summed E-state index contributed by atoms with van der Waals surface area (Å²) in [6.45, 7) is 2.27. The smallest absolute Gasteiger partial charge is 0.189 e. The fourth-order valence-electron chi connectivity index (χ4n) is 2.68. The zero-order chi connectivity index (χ0) is 11.9. The van der Waals surface area contributed by atoms with Gasteiger partial charge in [0, 0.05) is 0 Å². The Balaban J connectivity index is 1.84. The van der Waals surface area contributed by atoms with E-state index in [-0.39, 0.29) is 0 Å². The Kier molecular flexibility index (Phi) is 2.20. The van der Waals surface area contributed by atoms with Gasteiger partial charge in [-0.05, 0) is 31.5 Å². The van der Waals surface area contributed by atoms with E-state index in [1.165, 1.54) is 6.42 Å². The number of nitrogens with one attached hydrogen (secondary N) is 2. The molecule has 1 aromatic heterocycles. The number of nitrogens with zero attached hydrogens (tertiary/aromatic N) is 1. The normalized spacial score (nSPS) is 22.6. The molecule has 1 aromatic carbocycles. The van der Waals surface area contributed by atoms with Crippen LogP contribution in [0.1, 0.15) is 24.7 Å². The molecule has 2 aromatic rings. The van der Waals surface area contributed by atoms with Crippen molar-refractivity contribution in [2.24, 2.45) is 0 Å². The van der Waals surface area contributed by atoms with Gasteiger partial charge >= 0.3 is 0 Å². The lowest BCUT2D eigenvalue weighted by molar-refractivity contribution is 0.173. The molecule has 2 N–H and O–H groups in total. The van der Waals surface area contributed by atoms with Crippen molar-refractivity contribution in [2.45, 2.75) is 18.9 Å². The first kappa shape index (κ1) is 10.2. The average molecular weight is 245 g/mol. The molecule has 2 aliphatic heterocycles. The molecule has 3 heterocycles. The molecule has 2 aliphatic rings. The SMILES string of the molecule is c1cc2[nH]c([C@@H]3CCCN3)nc2c2c1OCCO2. The molecule has 0 aliphatic carbocycles. The molecule has 1 fully saturated rings. The Bertz CT molecular complexity index is 587. The molecule has 0 amide bonds. The Morgan fingerprint density at radius 3 is 3.06 bits per heavy atom. The minimum absolute atomic E-state index is 0.345. The van der Waals surface area contributed by atoms with Crippen LogP contribution in [0.25, 0.3) is 11.0 Å². The maximum absolute atomic E-state index is 5.68. The number of H-pyrrole nitrogens is 1. The maximum atomic E-state index is 5.68. The Morgan fingerprint density at radius 2 is 2.17 bits per heavy atom. The largest absolute Gasteiger partial charge is 0.486 e. The van der Waals surface area contributed by atoms with Gasteiger partial charge in [0.2, 0.25) is 0 Å². The average Bonchev–Trinajstić information content (AvgIpc) is 3.07. The Hall–Kier alpha value is -1.75. The highest BCUT2D eigenvalue weighted by atomic mass is 16.6. The summed E-state index contributed by atoms with van der Waals surface area (Å²) in [6.07, 6.45) is 2.35. The zero-order valence-electron chi connectivity index (χ0n) is 10.0. The van der Waals surface area contributed by atoms with Crippen molar-refractivity contribution in [1.82, 2.24) is 15.3 Å². The first-order valence-electron chi connectivity index (χ1n) is 6.43. The standard InChI is InChI=1S/C13H15N3O2/c1-2-9(14-5-1)13-15-8-3-4-10-12(11(8)16-13)18-7-6-17-10/h3-4,9,14H,1-2,5-7H2,(H,15,16)/t9-/m0/s1. The van der Waals surface area contributed by atoms with E-state index >= 15 is 0 Å². The predicted octanol–water partition coefficient (Wildman–Crippen LogP) is 1.76. The van der Waals surface area contributed by atoms with E-state index in [9.17, 15) is 0 Å². The molecule has 4 rings (SSSR count). The van der Waals surface area contributed by atoms with E-state index < -0.39 is 0 Å². The number of rotatable bonds is 1. The highest BCUT2D eigenvalue weighted by Gasteiger charge is 2.23. The minimum atomic E-state index is 0.345. The summed E-state index contributed by atoms with van der Waals surface area (Å²) in [5, 5.41) is 3.45. The number of hydrogen-bond donors (Lipinski definition) is 2. The van der Waals surface area contributed by atoms with Gasteiger partial charge in [-0.25, -0.2) is 4.98 Å². The number of aromatic nitrogens is 2. The van der Waals surface area contributed by atoms with Crippen LogP contribution in [0.15, 0.2) is 12.1 Å². The van der Waals surface area contributed by atoms with E-state index in [2.05, 4.69) is 15.3 Å². The van der Waals surface area contributed by atoms with E-state index in [4.69, 9.17) is 9.47 Å². The lowest BCUT2D eigenvalue weighted by Crippen LogP contribution is -2.15. The molecular weight excluding hydrogens is 230 g/mol. The van der Waals surface area contributed by atoms with Crippen LogP contribution in [0.4, 0.5) is 0 Å². The number of imidazole rings is 1. The molecule has 0 radical (unpaired) electrons. The lowest BCUT2D eigenvalue weighted by atomic mass is 10.2. The third kappa shape index (κ3) is 1.47. The van der Waals surface area contributed by atoms with Crippen LogP contribution < -0.4 is 14.8 Å². The van der Waals surface area contributed by atoms with Gasteiger partial charge in [-0.2, -0.15) is 0 Å². The van der Waals surface area contributed by atoms with Gasteiger partial charge < -0.3 is 19.8 Å². The second-order valence-electron chi connectivity index (χ2n) is 4.76. The molecule has 0 bridgehead atoms. The second kappa shape index (κ2) is 3.88. The van der Waals surface area contributed by atoms with E-state index in [0.29, 0.717) is 19.3 Å². The van der Waals surface area contributed by atoms with Crippen LogP contribution in [0.3, 0.4) is 0 Å².